The second-order valence-corrected chi connectivity index (χ2v) is 5.87. The van der Waals surface area contributed by atoms with E-state index in [2.05, 4.69) is 16.2 Å². The number of rotatable bonds is 4. The number of carboxylic acid groups (broad SMARTS) is 1. The van der Waals surface area contributed by atoms with Gasteiger partial charge in [-0.1, -0.05) is 28.2 Å². The van der Waals surface area contributed by atoms with Gasteiger partial charge in [0.25, 0.3) is 5.91 Å². The van der Waals surface area contributed by atoms with Crippen LogP contribution < -0.4 is 5.32 Å². The molecule has 1 aliphatic rings. The molecule has 10 heteroatoms. The van der Waals surface area contributed by atoms with Crippen molar-refractivity contribution in [2.24, 2.45) is 0 Å². The van der Waals surface area contributed by atoms with Gasteiger partial charge in [-0.05, 0) is 30.4 Å². The first-order valence-corrected chi connectivity index (χ1v) is 7.85. The van der Waals surface area contributed by atoms with Gasteiger partial charge in [0.15, 0.2) is 11.5 Å². The molecule has 1 amide bonds. The van der Waals surface area contributed by atoms with E-state index in [1.807, 2.05) is 5.73 Å². The number of carbonyl (C=O) groups excluding carboxylic acids is 1. The van der Waals surface area contributed by atoms with Gasteiger partial charge in [-0.3, -0.25) is 4.79 Å². The highest BCUT2D eigenvalue weighted by Gasteiger charge is 2.32. The van der Waals surface area contributed by atoms with Crippen LogP contribution in [0.25, 0.3) is 5.57 Å². The van der Waals surface area contributed by atoms with Crippen LogP contribution in [-0.4, -0.2) is 28.3 Å². The lowest BCUT2D eigenvalue weighted by Gasteiger charge is -2.07. The molecule has 3 rings (SSSR count). The van der Waals surface area contributed by atoms with Gasteiger partial charge in [-0.15, -0.1) is 0 Å². The number of carbonyl (C=O) groups is 2. The highest BCUT2D eigenvalue weighted by Crippen LogP contribution is 2.29. The maximum atomic E-state index is 12.6. The van der Waals surface area contributed by atoms with Crippen LogP contribution in [-0.2, 0) is 0 Å². The van der Waals surface area contributed by atoms with Crippen LogP contribution in [0.4, 0.5) is 18.9 Å². The maximum Gasteiger partial charge on any atom is 0.424 e. The molecule has 0 bridgehead atoms. The predicted octanol–water partition coefficient (Wildman–Crippen LogP) is 4.47. The Kier molecular flexibility index (Phi) is 4.98. The summed E-state index contributed by atoms with van der Waals surface area (Å²) in [5.74, 6) is -2.09. The van der Waals surface area contributed by atoms with E-state index in [0.29, 0.717) is 0 Å². The van der Waals surface area contributed by atoms with Gasteiger partial charge in [0.2, 0.25) is 0 Å². The second kappa shape index (κ2) is 7.25. The third-order valence-corrected chi connectivity index (χ3v) is 3.76. The van der Waals surface area contributed by atoms with Gasteiger partial charge < -0.3 is 14.9 Å². The SMILES string of the molecule is O=C(Nc1ccc(Cl)cc1C(=O)O)c1cc(C2=C=C=C(C(F)(F)F)C=C2)on1. The molecule has 142 valence electrons. The molecule has 2 N–H and O–H groups in total. The van der Waals surface area contributed by atoms with Crippen LogP contribution in [0, 0.1) is 0 Å². The molecule has 1 aromatic carbocycles. The van der Waals surface area contributed by atoms with E-state index >= 15 is 0 Å². The Bertz CT molecular complexity index is 1120. The number of carboxylic acids is 1. The van der Waals surface area contributed by atoms with Crippen LogP contribution in [0.2, 0.25) is 5.02 Å². The molecule has 0 saturated carbocycles. The molecule has 0 unspecified atom stereocenters. The number of benzene rings is 1. The van der Waals surface area contributed by atoms with Crippen molar-refractivity contribution in [1.29, 1.82) is 0 Å². The lowest BCUT2D eigenvalue weighted by molar-refractivity contribution is -0.0880. The fourth-order valence-corrected chi connectivity index (χ4v) is 2.36. The zero-order valence-corrected chi connectivity index (χ0v) is 14.4. The summed E-state index contributed by atoms with van der Waals surface area (Å²) in [5.41, 5.74) is 2.91. The lowest BCUT2D eigenvalue weighted by Crippen LogP contribution is -2.15. The van der Waals surface area contributed by atoms with Crippen LogP contribution in [0.3, 0.4) is 0 Å². The topological polar surface area (TPSA) is 92.4 Å². The number of allylic oxidation sites excluding steroid dienone is 4. The predicted molar refractivity (Wildman–Crippen MR) is 92.0 cm³/mol. The van der Waals surface area contributed by atoms with Crippen LogP contribution in [0.15, 0.2) is 58.0 Å². The number of aromatic carboxylic acids is 1. The van der Waals surface area contributed by atoms with Gasteiger partial charge in [-0.25, -0.2) is 4.79 Å². The third-order valence-electron chi connectivity index (χ3n) is 3.52. The summed E-state index contributed by atoms with van der Waals surface area (Å²) in [6, 6.07) is 5.05. The van der Waals surface area contributed by atoms with Gasteiger partial charge in [0, 0.05) is 11.1 Å². The second-order valence-electron chi connectivity index (χ2n) is 5.43. The average Bonchev–Trinajstić information content (AvgIpc) is 3.12. The van der Waals surface area contributed by atoms with Crippen molar-refractivity contribution in [3.8, 4) is 0 Å². The van der Waals surface area contributed by atoms with Crippen molar-refractivity contribution < 1.29 is 32.4 Å². The molecule has 0 radical (unpaired) electrons. The summed E-state index contributed by atoms with van der Waals surface area (Å²) in [6.45, 7) is 0. The lowest BCUT2D eigenvalue weighted by atomic mass is 10.1. The smallest absolute Gasteiger partial charge is 0.424 e. The monoisotopic (exact) mass is 408 g/mol. The van der Waals surface area contributed by atoms with Gasteiger partial charge in [-0.2, -0.15) is 13.2 Å². The van der Waals surface area contributed by atoms with Gasteiger partial charge in [0.1, 0.15) is 5.57 Å². The van der Waals surface area contributed by atoms with E-state index in [-0.39, 0.29) is 33.3 Å². The Labute approximate surface area is 159 Å². The Morgan fingerprint density at radius 3 is 2.54 bits per heavy atom. The zero-order chi connectivity index (χ0) is 20.5. The number of halogens is 4. The number of alkyl halides is 3. The quantitative estimate of drug-likeness (QED) is 0.728. The van der Waals surface area contributed by atoms with E-state index in [4.69, 9.17) is 16.1 Å². The third kappa shape index (κ3) is 4.07. The van der Waals surface area contributed by atoms with E-state index in [1.165, 1.54) is 24.3 Å². The first-order chi connectivity index (χ1) is 13.1. The normalized spacial score (nSPS) is 13.1. The molecular weight excluding hydrogens is 401 g/mol. The molecule has 6 nitrogen and oxygen atoms in total. The van der Waals surface area contributed by atoms with E-state index in [0.717, 1.165) is 12.2 Å². The molecule has 28 heavy (non-hydrogen) atoms. The van der Waals surface area contributed by atoms with Crippen molar-refractivity contribution >= 4 is 34.7 Å². The molecule has 1 aromatic heterocycles. The fourth-order valence-electron chi connectivity index (χ4n) is 2.19. The van der Waals surface area contributed by atoms with Crippen molar-refractivity contribution in [1.82, 2.24) is 5.16 Å². The first kappa shape index (κ1) is 19.3. The van der Waals surface area contributed by atoms with Crippen molar-refractivity contribution in [3.05, 3.63) is 75.5 Å². The molecule has 1 heterocycles. The number of nitrogens with one attached hydrogen (secondary N) is 1. The van der Waals surface area contributed by atoms with Crippen LogP contribution >= 0.6 is 11.6 Å². The van der Waals surface area contributed by atoms with Crippen molar-refractivity contribution in [2.45, 2.75) is 6.18 Å². The van der Waals surface area contributed by atoms with Gasteiger partial charge >= 0.3 is 12.1 Å². The first-order valence-electron chi connectivity index (χ1n) is 7.47. The standard InChI is InChI=1S/C18H8ClF3N2O4/c19-11-5-6-13(12(7-11)17(26)27)23-16(25)14-8-15(28-24-14)9-1-3-10(4-2-9)18(20,21)22/h1,3,5-8H,(H,23,25)(H,26,27). The minimum atomic E-state index is -4.55. The molecular formula is C18H8ClF3N2O4. The highest BCUT2D eigenvalue weighted by molar-refractivity contribution is 6.31. The van der Waals surface area contributed by atoms with Crippen molar-refractivity contribution in [2.75, 3.05) is 5.32 Å². The Hall–Kier alpha value is -3.51. The van der Waals surface area contributed by atoms with E-state index in [1.54, 1.807) is 0 Å². The summed E-state index contributed by atoms with van der Waals surface area (Å²) in [4.78, 5) is 23.5. The molecule has 0 fully saturated rings. The molecule has 2 aromatic rings. The number of hydrogen-bond donors (Lipinski definition) is 2. The molecule has 0 saturated heterocycles. The Morgan fingerprint density at radius 2 is 1.93 bits per heavy atom. The number of anilines is 1. The summed E-state index contributed by atoms with van der Waals surface area (Å²) in [5, 5.41) is 15.2. The number of aromatic nitrogens is 1. The Balaban J connectivity index is 1.85. The molecule has 0 aliphatic heterocycles. The summed E-state index contributed by atoms with van der Waals surface area (Å²) in [7, 11) is 0. The van der Waals surface area contributed by atoms with Crippen LogP contribution in [0.1, 0.15) is 26.6 Å². The number of nitrogens with zero attached hydrogens (tertiary/aromatic N) is 1. The molecule has 0 atom stereocenters. The summed E-state index contributed by atoms with van der Waals surface area (Å²) in [6.07, 6.45) is -2.66. The molecule has 0 spiro atoms. The summed E-state index contributed by atoms with van der Waals surface area (Å²) < 4.78 is 42.6. The number of amides is 1. The highest BCUT2D eigenvalue weighted by atomic mass is 35.5. The van der Waals surface area contributed by atoms with Crippen LogP contribution in [0.5, 0.6) is 0 Å². The van der Waals surface area contributed by atoms with E-state index < -0.39 is 23.6 Å². The van der Waals surface area contributed by atoms with Gasteiger partial charge in [0.05, 0.1) is 16.8 Å². The summed E-state index contributed by atoms with van der Waals surface area (Å²) >= 11 is 5.74. The van der Waals surface area contributed by atoms with E-state index in [9.17, 15) is 27.9 Å². The average molecular weight is 409 g/mol. The minimum absolute atomic E-state index is 0.00955. The Morgan fingerprint density at radius 1 is 1.18 bits per heavy atom. The largest absolute Gasteiger partial charge is 0.478 e. The molecule has 1 aliphatic carbocycles. The van der Waals surface area contributed by atoms with Crippen molar-refractivity contribution in [3.63, 3.8) is 0 Å². The zero-order valence-electron chi connectivity index (χ0n) is 13.6. The minimum Gasteiger partial charge on any atom is -0.478 e. The number of hydrogen-bond acceptors (Lipinski definition) is 4. The maximum absolute atomic E-state index is 12.6. The fraction of sp³-hybridized carbons (Fsp3) is 0.0556.